The van der Waals surface area contributed by atoms with Crippen LogP contribution >= 0.6 is 0 Å². The first-order valence-corrected chi connectivity index (χ1v) is 8.12. The second-order valence-corrected chi connectivity index (χ2v) is 5.94. The minimum Gasteiger partial charge on any atom is -0.497 e. The van der Waals surface area contributed by atoms with Crippen molar-refractivity contribution >= 4 is 11.9 Å². The van der Waals surface area contributed by atoms with Gasteiger partial charge in [-0.1, -0.05) is 19.1 Å². The standard InChI is InChI=1S/C18H25NO4/c1-4-18(12-16(20)23-5-2)10-11-19(17(18)21)13-14-6-8-15(22-3)9-7-14/h6-9H,4-5,10-13H2,1-3H3. The maximum atomic E-state index is 12.8. The quantitative estimate of drug-likeness (QED) is 0.725. The van der Waals surface area contributed by atoms with Gasteiger partial charge in [-0.2, -0.15) is 0 Å². The summed E-state index contributed by atoms with van der Waals surface area (Å²) in [6.07, 6.45) is 1.54. The van der Waals surface area contributed by atoms with Crippen LogP contribution in [0.4, 0.5) is 0 Å². The molecule has 5 heteroatoms. The van der Waals surface area contributed by atoms with Crippen LogP contribution in [-0.2, 0) is 20.9 Å². The largest absolute Gasteiger partial charge is 0.497 e. The van der Waals surface area contributed by atoms with Crippen LogP contribution in [0.3, 0.4) is 0 Å². The van der Waals surface area contributed by atoms with Crippen molar-refractivity contribution in [1.29, 1.82) is 0 Å². The first-order chi connectivity index (χ1) is 11.0. The number of esters is 1. The highest BCUT2D eigenvalue weighted by molar-refractivity contribution is 5.89. The van der Waals surface area contributed by atoms with Crippen molar-refractivity contribution in [3.05, 3.63) is 29.8 Å². The maximum absolute atomic E-state index is 12.8. The number of nitrogens with zero attached hydrogens (tertiary/aromatic N) is 1. The van der Waals surface area contributed by atoms with Crippen molar-refractivity contribution in [3.63, 3.8) is 0 Å². The predicted octanol–water partition coefficient (Wildman–Crippen LogP) is 2.78. The Kier molecular flexibility index (Phi) is 5.64. The number of amides is 1. The van der Waals surface area contributed by atoms with E-state index < -0.39 is 5.41 Å². The zero-order valence-electron chi connectivity index (χ0n) is 14.1. The lowest BCUT2D eigenvalue weighted by Gasteiger charge is -2.25. The fourth-order valence-electron chi connectivity index (χ4n) is 3.10. The molecule has 23 heavy (non-hydrogen) atoms. The van der Waals surface area contributed by atoms with Crippen molar-refractivity contribution < 1.29 is 19.1 Å². The van der Waals surface area contributed by atoms with Gasteiger partial charge in [-0.05, 0) is 37.5 Å². The van der Waals surface area contributed by atoms with Gasteiger partial charge in [0.1, 0.15) is 5.75 Å². The number of carbonyl (C=O) groups excluding carboxylic acids is 2. The molecule has 1 heterocycles. The minimum absolute atomic E-state index is 0.0591. The SMILES string of the molecule is CCOC(=O)CC1(CC)CCN(Cc2ccc(OC)cc2)C1=O. The number of hydrogen-bond acceptors (Lipinski definition) is 4. The third kappa shape index (κ3) is 3.84. The Bertz CT molecular complexity index is 555. The zero-order chi connectivity index (χ0) is 16.9. The smallest absolute Gasteiger partial charge is 0.306 e. The molecule has 1 amide bonds. The van der Waals surface area contributed by atoms with Gasteiger partial charge in [0.05, 0.1) is 25.6 Å². The molecule has 1 saturated heterocycles. The Balaban J connectivity index is 2.05. The van der Waals surface area contributed by atoms with Crippen LogP contribution in [0.15, 0.2) is 24.3 Å². The Morgan fingerprint density at radius 1 is 1.26 bits per heavy atom. The summed E-state index contributed by atoms with van der Waals surface area (Å²) in [4.78, 5) is 26.5. The first-order valence-electron chi connectivity index (χ1n) is 8.12. The maximum Gasteiger partial charge on any atom is 0.306 e. The molecule has 0 aliphatic carbocycles. The van der Waals surface area contributed by atoms with Gasteiger partial charge in [0.2, 0.25) is 5.91 Å². The highest BCUT2D eigenvalue weighted by atomic mass is 16.5. The molecule has 1 aromatic rings. The minimum atomic E-state index is -0.598. The summed E-state index contributed by atoms with van der Waals surface area (Å²) >= 11 is 0. The molecule has 1 fully saturated rings. The van der Waals surface area contributed by atoms with Crippen LogP contribution in [0.25, 0.3) is 0 Å². The fraction of sp³-hybridized carbons (Fsp3) is 0.556. The Morgan fingerprint density at radius 2 is 1.96 bits per heavy atom. The summed E-state index contributed by atoms with van der Waals surface area (Å²) in [6, 6.07) is 7.70. The van der Waals surface area contributed by atoms with E-state index in [1.807, 2.05) is 36.1 Å². The molecule has 1 atom stereocenters. The second kappa shape index (κ2) is 7.49. The fourth-order valence-corrected chi connectivity index (χ4v) is 3.10. The number of hydrogen-bond donors (Lipinski definition) is 0. The van der Waals surface area contributed by atoms with Gasteiger partial charge >= 0.3 is 5.97 Å². The number of rotatable bonds is 7. The second-order valence-electron chi connectivity index (χ2n) is 5.94. The van der Waals surface area contributed by atoms with Crippen molar-refractivity contribution in [2.24, 2.45) is 5.41 Å². The van der Waals surface area contributed by atoms with E-state index in [1.165, 1.54) is 0 Å². The average molecular weight is 319 g/mol. The topological polar surface area (TPSA) is 55.8 Å². The summed E-state index contributed by atoms with van der Waals surface area (Å²) in [5, 5.41) is 0. The Labute approximate surface area is 137 Å². The van der Waals surface area contributed by atoms with E-state index in [-0.39, 0.29) is 18.3 Å². The van der Waals surface area contributed by atoms with Crippen molar-refractivity contribution in [2.45, 2.75) is 39.7 Å². The highest BCUT2D eigenvalue weighted by Crippen LogP contribution is 2.39. The molecule has 5 nitrogen and oxygen atoms in total. The monoisotopic (exact) mass is 319 g/mol. The van der Waals surface area contributed by atoms with E-state index in [0.717, 1.165) is 11.3 Å². The highest BCUT2D eigenvalue weighted by Gasteiger charge is 2.46. The van der Waals surface area contributed by atoms with E-state index >= 15 is 0 Å². The van der Waals surface area contributed by atoms with Crippen LogP contribution < -0.4 is 4.74 Å². The molecule has 126 valence electrons. The molecule has 2 rings (SSSR count). The van der Waals surface area contributed by atoms with Crippen LogP contribution in [0.2, 0.25) is 0 Å². The predicted molar refractivity (Wildman–Crippen MR) is 87.0 cm³/mol. The van der Waals surface area contributed by atoms with Gasteiger partial charge in [0.25, 0.3) is 0 Å². The van der Waals surface area contributed by atoms with Gasteiger partial charge in [-0.15, -0.1) is 0 Å². The number of benzene rings is 1. The van der Waals surface area contributed by atoms with Gasteiger partial charge in [0, 0.05) is 13.1 Å². The molecule has 0 bridgehead atoms. The van der Waals surface area contributed by atoms with Crippen molar-refractivity contribution in [3.8, 4) is 5.75 Å². The molecule has 1 aliphatic rings. The molecule has 0 aromatic heterocycles. The van der Waals surface area contributed by atoms with Gasteiger partial charge < -0.3 is 14.4 Å². The van der Waals surface area contributed by atoms with E-state index in [4.69, 9.17) is 9.47 Å². The lowest BCUT2D eigenvalue weighted by atomic mass is 9.80. The molecule has 0 N–H and O–H groups in total. The van der Waals surface area contributed by atoms with Gasteiger partial charge in [0.15, 0.2) is 0 Å². The average Bonchev–Trinajstić information content (AvgIpc) is 2.86. The summed E-state index contributed by atoms with van der Waals surface area (Å²) in [5.41, 5.74) is 0.459. The number of ether oxygens (including phenoxy) is 2. The van der Waals surface area contributed by atoms with E-state index in [9.17, 15) is 9.59 Å². The van der Waals surface area contributed by atoms with Crippen LogP contribution in [0.5, 0.6) is 5.75 Å². The molecule has 1 aromatic carbocycles. The summed E-state index contributed by atoms with van der Waals surface area (Å²) < 4.78 is 10.2. The Morgan fingerprint density at radius 3 is 2.52 bits per heavy atom. The van der Waals surface area contributed by atoms with Crippen LogP contribution in [0.1, 0.15) is 38.7 Å². The van der Waals surface area contributed by atoms with Crippen LogP contribution in [-0.4, -0.2) is 37.0 Å². The van der Waals surface area contributed by atoms with E-state index in [1.54, 1.807) is 14.0 Å². The summed E-state index contributed by atoms with van der Waals surface area (Å²) in [7, 11) is 1.63. The normalized spacial score (nSPS) is 20.7. The van der Waals surface area contributed by atoms with Gasteiger partial charge in [-0.25, -0.2) is 0 Å². The van der Waals surface area contributed by atoms with Crippen molar-refractivity contribution in [2.75, 3.05) is 20.3 Å². The van der Waals surface area contributed by atoms with Crippen LogP contribution in [0, 0.1) is 5.41 Å². The molecule has 0 radical (unpaired) electrons. The zero-order valence-corrected chi connectivity index (χ0v) is 14.1. The number of methoxy groups -OCH3 is 1. The van der Waals surface area contributed by atoms with Gasteiger partial charge in [-0.3, -0.25) is 9.59 Å². The first kappa shape index (κ1) is 17.3. The molecule has 1 aliphatic heterocycles. The molecule has 0 saturated carbocycles. The third-order valence-corrected chi connectivity index (χ3v) is 4.60. The van der Waals surface area contributed by atoms with Crippen molar-refractivity contribution in [1.82, 2.24) is 4.90 Å². The molecular formula is C18H25NO4. The van der Waals surface area contributed by atoms with E-state index in [0.29, 0.717) is 32.5 Å². The third-order valence-electron chi connectivity index (χ3n) is 4.60. The molecular weight excluding hydrogens is 294 g/mol. The lowest BCUT2D eigenvalue weighted by molar-refractivity contribution is -0.151. The summed E-state index contributed by atoms with van der Waals surface area (Å²) in [5.74, 6) is 0.574. The summed E-state index contributed by atoms with van der Waals surface area (Å²) in [6.45, 7) is 5.34. The number of likely N-dealkylation sites (tertiary alicyclic amines) is 1. The Hall–Kier alpha value is -2.04. The lowest BCUT2D eigenvalue weighted by Crippen LogP contribution is -2.36. The molecule has 0 spiro atoms. The molecule has 1 unspecified atom stereocenters. The van der Waals surface area contributed by atoms with E-state index in [2.05, 4.69) is 0 Å². The number of carbonyl (C=O) groups is 2.